The number of nitrogens with two attached hydrogens (primary N) is 1. The van der Waals surface area contributed by atoms with E-state index in [4.69, 9.17) is 33.7 Å². The lowest BCUT2D eigenvalue weighted by Crippen LogP contribution is -2.62. The van der Waals surface area contributed by atoms with Gasteiger partial charge in [-0.2, -0.15) is 0 Å². The number of nitrogens with one attached hydrogen (secondary N) is 2. The van der Waals surface area contributed by atoms with Crippen LogP contribution in [0.4, 0.5) is 0 Å². The molecule has 0 spiro atoms. The summed E-state index contributed by atoms with van der Waals surface area (Å²) in [6.07, 6.45) is 1.12. The number of hydrogen-bond acceptors (Lipinski definition) is 6. The number of esters is 1. The van der Waals surface area contributed by atoms with Crippen molar-refractivity contribution in [3.05, 3.63) is 0 Å². The van der Waals surface area contributed by atoms with Crippen LogP contribution >= 0.6 is 45.8 Å². The Labute approximate surface area is 189 Å². The van der Waals surface area contributed by atoms with Gasteiger partial charge in [-0.25, -0.2) is 5.43 Å². The molecule has 0 saturated carbocycles. The van der Waals surface area contributed by atoms with E-state index in [1.54, 1.807) is 22.6 Å². The largest absolute Gasteiger partial charge is 0.460 e. The molecule has 8 nitrogen and oxygen atoms in total. The Morgan fingerprint density at radius 3 is 2.39 bits per heavy atom. The second-order valence-corrected chi connectivity index (χ2v) is 12.1. The van der Waals surface area contributed by atoms with Crippen molar-refractivity contribution in [2.75, 3.05) is 13.2 Å². The average molecular weight is 551 g/mol. The van der Waals surface area contributed by atoms with Crippen molar-refractivity contribution in [3.63, 3.8) is 0 Å². The fourth-order valence-electron chi connectivity index (χ4n) is 2.60. The molecular formula is C17H29Cl2IN4O4. The van der Waals surface area contributed by atoms with E-state index in [2.05, 4.69) is 10.7 Å². The second kappa shape index (κ2) is 11.1. The number of hydrogen-bond donors (Lipinski definition) is 3. The summed E-state index contributed by atoms with van der Waals surface area (Å²) in [6, 6.07) is -2.15. The Hall–Kier alpha value is -0.360. The quantitative estimate of drug-likeness (QED) is 0.241. The third kappa shape index (κ3) is 8.17. The van der Waals surface area contributed by atoms with Gasteiger partial charge in [0.15, 0.2) is 0 Å². The molecule has 28 heavy (non-hydrogen) atoms. The van der Waals surface area contributed by atoms with Crippen molar-refractivity contribution in [1.29, 1.82) is 0 Å². The van der Waals surface area contributed by atoms with Crippen LogP contribution in [-0.2, 0) is 19.1 Å². The van der Waals surface area contributed by atoms with Crippen molar-refractivity contribution < 1.29 is 19.1 Å². The monoisotopic (exact) mass is 550 g/mol. The maximum absolute atomic E-state index is 13.0. The van der Waals surface area contributed by atoms with E-state index in [1.165, 1.54) is 5.01 Å². The molecule has 11 heteroatoms. The molecule has 1 aliphatic heterocycles. The van der Waals surface area contributed by atoms with Crippen molar-refractivity contribution in [2.24, 2.45) is 17.6 Å². The minimum atomic E-state index is -1.21. The first-order valence-electron chi connectivity index (χ1n) is 9.20. The zero-order valence-corrected chi connectivity index (χ0v) is 20.2. The van der Waals surface area contributed by atoms with Crippen LogP contribution in [0.5, 0.6) is 0 Å². The van der Waals surface area contributed by atoms with Gasteiger partial charge in [0.05, 0.1) is 6.04 Å². The predicted molar refractivity (Wildman–Crippen MR) is 117 cm³/mol. The molecule has 162 valence electrons. The maximum atomic E-state index is 13.0. The topological polar surface area (TPSA) is 114 Å². The van der Waals surface area contributed by atoms with Gasteiger partial charge in [-0.15, -0.1) is 0 Å². The normalized spacial score (nSPS) is 20.1. The summed E-state index contributed by atoms with van der Waals surface area (Å²) in [6.45, 7) is 7.59. The second-order valence-electron chi connectivity index (χ2n) is 7.54. The molecular weight excluding hydrogens is 522 g/mol. The molecule has 3 atom stereocenters. The highest BCUT2D eigenvalue weighted by Gasteiger charge is 2.35. The van der Waals surface area contributed by atoms with E-state index in [0.29, 0.717) is 19.4 Å². The third-order valence-corrected chi connectivity index (χ3v) is 4.90. The van der Waals surface area contributed by atoms with Crippen molar-refractivity contribution in [2.45, 2.75) is 61.0 Å². The summed E-state index contributed by atoms with van der Waals surface area (Å²) in [5, 5.41) is 4.10. The van der Waals surface area contributed by atoms with E-state index >= 15 is 0 Å². The van der Waals surface area contributed by atoms with Crippen LogP contribution in [0.1, 0.15) is 40.5 Å². The number of rotatable bonds is 8. The minimum absolute atomic E-state index is 0.0518. The lowest BCUT2D eigenvalue weighted by Gasteiger charge is -2.36. The van der Waals surface area contributed by atoms with Gasteiger partial charge in [0.25, 0.3) is 5.91 Å². The number of nitrogens with zero attached hydrogens (tertiary/aromatic N) is 1. The van der Waals surface area contributed by atoms with Gasteiger partial charge in [-0.05, 0) is 47.3 Å². The Morgan fingerprint density at radius 2 is 1.89 bits per heavy atom. The molecule has 0 radical (unpaired) electrons. The summed E-state index contributed by atoms with van der Waals surface area (Å²) in [7, 11) is 0. The molecule has 0 aliphatic carbocycles. The number of amides is 2. The standard InChI is InChI=1S/C17H29Cl2IN4O4/c1-9(2)12(21)14(25)22-13(10(3)4)15(26)24-7-5-6-11(23-24)16(27)28-8-17(18,19)20/h9-13,23H,5-8,21H2,1-4H3,(H,22,25). The number of carbonyl (C=O) groups is 3. The van der Waals surface area contributed by atoms with Gasteiger partial charge >= 0.3 is 5.97 Å². The summed E-state index contributed by atoms with van der Waals surface area (Å²) >= 11 is 13.4. The van der Waals surface area contributed by atoms with Gasteiger partial charge in [0.2, 0.25) is 8.25 Å². The van der Waals surface area contributed by atoms with E-state index in [-0.39, 0.29) is 30.3 Å². The third-order valence-electron chi connectivity index (χ3n) is 4.37. The van der Waals surface area contributed by atoms with Gasteiger partial charge in [-0.1, -0.05) is 50.9 Å². The van der Waals surface area contributed by atoms with Crippen LogP contribution in [0.3, 0.4) is 0 Å². The Bertz CT molecular complexity index is 572. The Balaban J connectivity index is 2.76. The molecule has 0 aromatic rings. The average Bonchev–Trinajstić information content (AvgIpc) is 2.61. The number of carbonyl (C=O) groups excluding carboxylic acids is 3. The maximum Gasteiger partial charge on any atom is 0.325 e. The van der Waals surface area contributed by atoms with Crippen LogP contribution in [-0.4, -0.2) is 56.4 Å². The summed E-state index contributed by atoms with van der Waals surface area (Å²) in [5.41, 5.74) is 8.77. The number of hydrazine groups is 1. The highest BCUT2D eigenvalue weighted by molar-refractivity contribution is 14.1. The highest BCUT2D eigenvalue weighted by Crippen LogP contribution is 2.29. The lowest BCUT2D eigenvalue weighted by atomic mass is 9.99. The number of alkyl halides is 3. The molecule has 1 aliphatic rings. The molecule has 0 bridgehead atoms. The Morgan fingerprint density at radius 1 is 1.29 bits per heavy atom. The van der Waals surface area contributed by atoms with Gasteiger partial charge < -0.3 is 15.8 Å². The van der Waals surface area contributed by atoms with Crippen LogP contribution < -0.4 is 16.5 Å². The molecule has 1 heterocycles. The van der Waals surface area contributed by atoms with Crippen LogP contribution in [0, 0.1) is 11.8 Å². The van der Waals surface area contributed by atoms with E-state index < -0.39 is 26.4 Å². The molecule has 3 unspecified atom stereocenters. The minimum Gasteiger partial charge on any atom is -0.460 e. The first-order chi connectivity index (χ1) is 12.8. The summed E-state index contributed by atoms with van der Waals surface area (Å²) in [5.74, 6) is -1.44. The molecule has 1 rings (SSSR count). The molecule has 0 aromatic carbocycles. The molecule has 4 N–H and O–H groups in total. The summed E-state index contributed by atoms with van der Waals surface area (Å²) in [4.78, 5) is 37.5. The van der Waals surface area contributed by atoms with Gasteiger partial charge in [-0.3, -0.25) is 19.4 Å². The summed E-state index contributed by atoms with van der Waals surface area (Å²) < 4.78 is 3.90. The molecule has 1 fully saturated rings. The predicted octanol–water partition coefficient (Wildman–Crippen LogP) is 1.72. The fourth-order valence-corrected chi connectivity index (χ4v) is 2.87. The molecule has 0 aromatic heterocycles. The fraction of sp³-hybridized carbons (Fsp3) is 0.824. The highest BCUT2D eigenvalue weighted by atomic mass is 127. The van der Waals surface area contributed by atoms with Crippen LogP contribution in [0.15, 0.2) is 0 Å². The van der Waals surface area contributed by atoms with E-state index in [1.807, 2.05) is 27.7 Å². The van der Waals surface area contributed by atoms with Gasteiger partial charge in [0.1, 0.15) is 18.7 Å². The van der Waals surface area contributed by atoms with Gasteiger partial charge in [0, 0.05) is 6.54 Å². The first-order valence-corrected chi connectivity index (χ1v) is 11.0. The van der Waals surface area contributed by atoms with E-state index in [9.17, 15) is 14.4 Å². The zero-order valence-electron chi connectivity index (χ0n) is 16.5. The zero-order chi connectivity index (χ0) is 21.6. The SMILES string of the molecule is CC(C)C(N)C(=O)NC(C(=O)N1CCCC(C(=O)OCC(Cl)(Cl)I)N1)C(C)C. The smallest absolute Gasteiger partial charge is 0.325 e. The molecule has 1 saturated heterocycles. The van der Waals surface area contributed by atoms with Crippen LogP contribution in [0.25, 0.3) is 0 Å². The van der Waals surface area contributed by atoms with Crippen molar-refractivity contribution in [1.82, 2.24) is 15.8 Å². The lowest BCUT2D eigenvalue weighted by molar-refractivity contribution is -0.153. The molecule has 2 amide bonds. The number of ether oxygens (including phenoxy) is 1. The van der Waals surface area contributed by atoms with Crippen molar-refractivity contribution >= 4 is 63.6 Å². The first kappa shape index (κ1) is 25.7. The van der Waals surface area contributed by atoms with Crippen molar-refractivity contribution in [3.8, 4) is 0 Å². The number of halogens is 3. The van der Waals surface area contributed by atoms with Crippen LogP contribution in [0.2, 0.25) is 0 Å². The Kier molecular flexibility index (Phi) is 10.2. The van der Waals surface area contributed by atoms with E-state index in [0.717, 1.165) is 0 Å².